The van der Waals surface area contributed by atoms with Crippen LogP contribution in [-0.2, 0) is 6.54 Å². The number of phenols is 2. The van der Waals surface area contributed by atoms with E-state index in [-0.39, 0.29) is 12.0 Å². The van der Waals surface area contributed by atoms with Crippen LogP contribution in [0.25, 0.3) is 0 Å². The van der Waals surface area contributed by atoms with Crippen LogP contribution in [0.1, 0.15) is 79.8 Å². The zero-order chi connectivity index (χ0) is 24.0. The first-order valence-electron chi connectivity index (χ1n) is 11.7. The Balaban J connectivity index is 2.12. The molecule has 178 valence electrons. The molecule has 0 aromatic heterocycles. The Labute approximate surface area is 193 Å². The van der Waals surface area contributed by atoms with Crippen molar-refractivity contribution in [1.29, 1.82) is 0 Å². The number of rotatable bonds is 11. The Morgan fingerprint density at radius 1 is 0.969 bits per heavy atom. The van der Waals surface area contributed by atoms with Gasteiger partial charge in [-0.25, -0.2) is 0 Å². The summed E-state index contributed by atoms with van der Waals surface area (Å²) in [6, 6.07) is 3.71. The summed E-state index contributed by atoms with van der Waals surface area (Å²) in [6.45, 7) is 18.0. The van der Waals surface area contributed by atoms with Crippen molar-refractivity contribution in [2.45, 2.75) is 86.8 Å². The predicted molar refractivity (Wildman–Crippen MR) is 131 cm³/mol. The Morgan fingerprint density at radius 3 is 2.28 bits per heavy atom. The maximum absolute atomic E-state index is 10.6. The monoisotopic (exact) mass is 443 g/mol. The second-order valence-electron chi connectivity index (χ2n) is 9.12. The van der Waals surface area contributed by atoms with E-state index in [2.05, 4.69) is 26.1 Å². The number of hydrogen-bond donors (Lipinski definition) is 3. The van der Waals surface area contributed by atoms with Crippen molar-refractivity contribution < 1.29 is 19.7 Å². The van der Waals surface area contributed by atoms with Gasteiger partial charge in [-0.05, 0) is 81.3 Å². The van der Waals surface area contributed by atoms with Crippen LogP contribution in [0.2, 0.25) is 0 Å². The zero-order valence-electron chi connectivity index (χ0n) is 21.1. The molecule has 2 aromatic rings. The number of hydrogen-bond acceptors (Lipinski definition) is 5. The molecule has 0 fully saturated rings. The van der Waals surface area contributed by atoms with Crippen LogP contribution >= 0.6 is 0 Å². The third kappa shape index (κ3) is 6.10. The summed E-state index contributed by atoms with van der Waals surface area (Å²) in [7, 11) is 0. The van der Waals surface area contributed by atoms with E-state index in [1.165, 1.54) is 0 Å². The minimum absolute atomic E-state index is 0.0682. The molecule has 3 N–H and O–H groups in total. The molecule has 2 aromatic carbocycles. The van der Waals surface area contributed by atoms with Gasteiger partial charge in [0.1, 0.15) is 29.1 Å². The molecule has 0 saturated heterocycles. The van der Waals surface area contributed by atoms with E-state index in [1.807, 2.05) is 40.7 Å². The van der Waals surface area contributed by atoms with Crippen molar-refractivity contribution in [2.24, 2.45) is 0 Å². The highest BCUT2D eigenvalue weighted by Crippen LogP contribution is 2.37. The van der Waals surface area contributed by atoms with Crippen LogP contribution in [0.15, 0.2) is 12.1 Å². The van der Waals surface area contributed by atoms with E-state index in [9.17, 15) is 10.2 Å². The minimum Gasteiger partial charge on any atom is -0.508 e. The normalized spacial score (nSPS) is 12.3. The van der Waals surface area contributed by atoms with Crippen LogP contribution in [-0.4, -0.2) is 29.5 Å². The Hall–Kier alpha value is -2.40. The summed E-state index contributed by atoms with van der Waals surface area (Å²) in [6.07, 6.45) is 2.01. The van der Waals surface area contributed by atoms with Gasteiger partial charge in [-0.2, -0.15) is 0 Å². The Bertz CT molecular complexity index is 921. The number of unbranched alkanes of at least 4 members (excludes halogenated alkanes) is 1. The zero-order valence-corrected chi connectivity index (χ0v) is 21.1. The lowest BCUT2D eigenvalue weighted by Gasteiger charge is -2.23. The molecule has 0 saturated carbocycles. The van der Waals surface area contributed by atoms with Gasteiger partial charge < -0.3 is 25.0 Å². The van der Waals surface area contributed by atoms with E-state index in [0.29, 0.717) is 31.2 Å². The SMILES string of the molecule is CCCCOc1c(C)c(C)c(O)c(C)c1CNCC(C)Oc1cc(C)c(O)cc1C(C)C. The van der Waals surface area contributed by atoms with Crippen molar-refractivity contribution in [1.82, 2.24) is 5.32 Å². The molecule has 0 aliphatic rings. The van der Waals surface area contributed by atoms with Gasteiger partial charge in [0.25, 0.3) is 0 Å². The van der Waals surface area contributed by atoms with Crippen molar-refractivity contribution in [3.63, 3.8) is 0 Å². The highest BCUT2D eigenvalue weighted by atomic mass is 16.5. The summed E-state index contributed by atoms with van der Waals surface area (Å²) in [5.74, 6) is 2.58. The molecular weight excluding hydrogens is 402 g/mol. The van der Waals surface area contributed by atoms with E-state index < -0.39 is 0 Å². The summed E-state index contributed by atoms with van der Waals surface area (Å²) in [5.41, 5.74) is 5.53. The number of benzene rings is 2. The molecular formula is C27H41NO4. The predicted octanol–water partition coefficient (Wildman–Crippen LogP) is 6.19. The molecule has 0 bridgehead atoms. The van der Waals surface area contributed by atoms with Crippen LogP contribution in [0.3, 0.4) is 0 Å². The molecule has 5 heteroatoms. The standard InChI is InChI=1S/C27H41NO4/c1-9-10-11-31-27-20(7)19(6)26(30)21(8)23(27)15-28-14-18(5)32-25-12-17(4)24(29)13-22(25)16(2)3/h12-13,16,18,28-30H,9-11,14-15H2,1-8H3. The van der Waals surface area contributed by atoms with Crippen LogP contribution in [0.5, 0.6) is 23.0 Å². The highest BCUT2D eigenvalue weighted by Gasteiger charge is 2.19. The van der Waals surface area contributed by atoms with Gasteiger partial charge >= 0.3 is 0 Å². The third-order valence-corrected chi connectivity index (χ3v) is 6.10. The fourth-order valence-corrected chi connectivity index (χ4v) is 3.79. The Kier molecular flexibility index (Phi) is 9.26. The average molecular weight is 444 g/mol. The lowest BCUT2D eigenvalue weighted by Crippen LogP contribution is -2.29. The maximum Gasteiger partial charge on any atom is 0.127 e. The lowest BCUT2D eigenvalue weighted by atomic mass is 9.97. The van der Waals surface area contributed by atoms with Gasteiger partial charge in [-0.15, -0.1) is 0 Å². The summed E-state index contributed by atoms with van der Waals surface area (Å²) >= 11 is 0. The quantitative estimate of drug-likeness (QED) is 0.361. The molecule has 0 radical (unpaired) electrons. The smallest absolute Gasteiger partial charge is 0.127 e. The molecule has 1 atom stereocenters. The van der Waals surface area contributed by atoms with Crippen molar-refractivity contribution in [3.8, 4) is 23.0 Å². The minimum atomic E-state index is -0.0682. The first-order valence-corrected chi connectivity index (χ1v) is 11.7. The van der Waals surface area contributed by atoms with Crippen molar-refractivity contribution in [3.05, 3.63) is 45.5 Å². The number of ether oxygens (including phenoxy) is 2. The highest BCUT2D eigenvalue weighted by molar-refractivity contribution is 5.57. The first-order chi connectivity index (χ1) is 15.1. The molecule has 0 aliphatic heterocycles. The Morgan fingerprint density at radius 2 is 1.66 bits per heavy atom. The fraction of sp³-hybridized carbons (Fsp3) is 0.556. The molecule has 1 unspecified atom stereocenters. The second-order valence-corrected chi connectivity index (χ2v) is 9.12. The number of aromatic hydroxyl groups is 2. The van der Waals surface area contributed by atoms with Gasteiger partial charge in [0.2, 0.25) is 0 Å². The fourth-order valence-electron chi connectivity index (χ4n) is 3.79. The van der Waals surface area contributed by atoms with Gasteiger partial charge in [0.15, 0.2) is 0 Å². The third-order valence-electron chi connectivity index (χ3n) is 6.10. The van der Waals surface area contributed by atoms with E-state index >= 15 is 0 Å². The van der Waals surface area contributed by atoms with E-state index in [0.717, 1.165) is 57.7 Å². The number of aryl methyl sites for hydroxylation is 1. The molecule has 0 aliphatic carbocycles. The number of nitrogens with one attached hydrogen (secondary N) is 1. The summed E-state index contributed by atoms with van der Waals surface area (Å²) < 4.78 is 12.4. The number of phenolic OH excluding ortho intramolecular Hbond substituents is 2. The first kappa shape index (κ1) is 25.9. The lowest BCUT2D eigenvalue weighted by molar-refractivity contribution is 0.213. The molecule has 5 nitrogen and oxygen atoms in total. The molecule has 2 rings (SSSR count). The van der Waals surface area contributed by atoms with Gasteiger partial charge in [0.05, 0.1) is 6.61 Å². The summed E-state index contributed by atoms with van der Waals surface area (Å²) in [5, 5.41) is 24.1. The van der Waals surface area contributed by atoms with Crippen molar-refractivity contribution >= 4 is 0 Å². The topological polar surface area (TPSA) is 71.0 Å². The summed E-state index contributed by atoms with van der Waals surface area (Å²) in [4.78, 5) is 0. The van der Waals surface area contributed by atoms with Crippen LogP contribution in [0.4, 0.5) is 0 Å². The van der Waals surface area contributed by atoms with Crippen molar-refractivity contribution in [2.75, 3.05) is 13.2 Å². The van der Waals surface area contributed by atoms with Gasteiger partial charge in [-0.3, -0.25) is 0 Å². The van der Waals surface area contributed by atoms with E-state index in [1.54, 1.807) is 6.07 Å². The van der Waals surface area contributed by atoms with Gasteiger partial charge in [-0.1, -0.05) is 27.2 Å². The average Bonchev–Trinajstić information content (AvgIpc) is 2.74. The molecule has 32 heavy (non-hydrogen) atoms. The molecule has 0 amide bonds. The molecule has 0 spiro atoms. The second kappa shape index (κ2) is 11.5. The van der Waals surface area contributed by atoms with Crippen LogP contribution < -0.4 is 14.8 Å². The molecule has 0 heterocycles. The largest absolute Gasteiger partial charge is 0.508 e. The maximum atomic E-state index is 10.6. The van der Waals surface area contributed by atoms with E-state index in [4.69, 9.17) is 9.47 Å². The van der Waals surface area contributed by atoms with Crippen LogP contribution in [0, 0.1) is 27.7 Å². The van der Waals surface area contributed by atoms with Gasteiger partial charge in [0, 0.05) is 24.2 Å².